The van der Waals surface area contributed by atoms with E-state index >= 15 is 0 Å². The highest BCUT2D eigenvalue weighted by Gasteiger charge is 2.56. The van der Waals surface area contributed by atoms with Crippen LogP contribution < -0.4 is 10.2 Å². The third-order valence-corrected chi connectivity index (χ3v) is 9.90. The maximum atomic E-state index is 14.1. The van der Waals surface area contributed by atoms with E-state index in [4.69, 9.17) is 0 Å². The average molecular weight is 700 g/mol. The van der Waals surface area contributed by atoms with Gasteiger partial charge in [0.05, 0.1) is 22.0 Å². The third kappa shape index (κ3) is 4.53. The number of phenolic OH excluding ortho intramolecular Hbond substituents is 1. The van der Waals surface area contributed by atoms with Crippen molar-refractivity contribution in [1.82, 2.24) is 0 Å². The smallest absolute Gasteiger partial charge is 0.238 e. The molecule has 1 saturated heterocycles. The Morgan fingerprint density at radius 3 is 2.30 bits per heavy atom. The lowest BCUT2D eigenvalue weighted by Crippen LogP contribution is -2.39. The Balaban J connectivity index is 1.26. The highest BCUT2D eigenvalue weighted by atomic mass is 79.9. The van der Waals surface area contributed by atoms with Crippen molar-refractivity contribution in [3.63, 3.8) is 0 Å². The lowest BCUT2D eigenvalue weighted by atomic mass is 9.59. The summed E-state index contributed by atoms with van der Waals surface area (Å²) in [6.07, 6.45) is 3.69. The van der Waals surface area contributed by atoms with Gasteiger partial charge >= 0.3 is 0 Å². The first kappa shape index (κ1) is 27.7. The number of hydrogen-bond acceptors (Lipinski definition) is 6. The highest BCUT2D eigenvalue weighted by molar-refractivity contribution is 9.12. The summed E-state index contributed by atoms with van der Waals surface area (Å²) >= 11 is 6.71. The Kier molecular flexibility index (Phi) is 6.82. The summed E-state index contributed by atoms with van der Waals surface area (Å²) in [7, 11) is 0. The third-order valence-electron chi connectivity index (χ3n) is 8.82. The van der Waals surface area contributed by atoms with Crippen molar-refractivity contribution in [2.45, 2.75) is 18.8 Å². The Labute approximate surface area is 264 Å². The Hall–Kier alpha value is -4.08. The summed E-state index contributed by atoms with van der Waals surface area (Å²) in [6.45, 7) is 0. The van der Waals surface area contributed by atoms with E-state index in [0.717, 1.165) is 16.9 Å². The number of allylic oxidation sites excluding steroid dienone is 6. The molecule has 0 aromatic heterocycles. The summed E-state index contributed by atoms with van der Waals surface area (Å²) in [5, 5.41) is 14.2. The molecule has 9 heteroatoms. The van der Waals surface area contributed by atoms with Gasteiger partial charge in [0.15, 0.2) is 11.6 Å². The van der Waals surface area contributed by atoms with Gasteiger partial charge in [0.1, 0.15) is 5.75 Å². The number of phenols is 1. The van der Waals surface area contributed by atoms with Crippen molar-refractivity contribution < 1.29 is 24.3 Å². The maximum Gasteiger partial charge on any atom is 0.238 e. The SMILES string of the molecule is O=C1C=C(Br)C(=O)C2=C1C(c1cc(Br)ccc1O)C1=CCC3C(=O)N(c4ccc(Nc5ccccc5)cc4)C(=O)C3C1C2. The van der Waals surface area contributed by atoms with Crippen LogP contribution >= 0.6 is 31.9 Å². The molecule has 0 saturated carbocycles. The summed E-state index contributed by atoms with van der Waals surface area (Å²) < 4.78 is 0.863. The summed E-state index contributed by atoms with van der Waals surface area (Å²) in [5.74, 6) is -3.74. The molecule has 2 amide bonds. The number of fused-ring (bicyclic) bond motifs is 3. The van der Waals surface area contributed by atoms with E-state index in [2.05, 4.69) is 37.2 Å². The zero-order chi connectivity index (χ0) is 30.0. The van der Waals surface area contributed by atoms with E-state index in [1.165, 1.54) is 11.0 Å². The van der Waals surface area contributed by atoms with Crippen molar-refractivity contribution in [1.29, 1.82) is 0 Å². The predicted molar refractivity (Wildman–Crippen MR) is 169 cm³/mol. The number of Topliss-reactive ketones (excluding diaryl/α,β-unsaturated/α-hetero) is 1. The van der Waals surface area contributed by atoms with Gasteiger partial charge in [-0.25, -0.2) is 0 Å². The molecule has 1 heterocycles. The monoisotopic (exact) mass is 698 g/mol. The standard InChI is InChI=1S/C34H24Br2N2O5/c35-17-6-13-27(39)24(14-17)29-21-11-12-22-30(23(21)15-25-31(29)28(40)16-26(36)32(25)41)34(43)38(33(22)42)20-9-7-19(8-10-20)37-18-4-2-1-3-5-18/h1-11,13-14,16,22-23,29-30,37,39H,12,15H2. The number of aromatic hydroxyl groups is 1. The van der Waals surface area contributed by atoms with Crippen LogP contribution in [0.3, 0.4) is 0 Å². The molecule has 1 fully saturated rings. The quantitative estimate of drug-likeness (QED) is 0.175. The maximum absolute atomic E-state index is 14.1. The zero-order valence-corrected chi connectivity index (χ0v) is 25.8. The molecule has 43 heavy (non-hydrogen) atoms. The molecule has 7 nitrogen and oxygen atoms in total. The molecule has 4 atom stereocenters. The van der Waals surface area contributed by atoms with Crippen LogP contribution in [0.4, 0.5) is 17.1 Å². The fraction of sp³-hybridized carbons (Fsp3) is 0.176. The normalized spacial score (nSPS) is 24.7. The van der Waals surface area contributed by atoms with Gasteiger partial charge in [-0.05, 0) is 89.3 Å². The van der Waals surface area contributed by atoms with Crippen LogP contribution in [-0.4, -0.2) is 28.5 Å². The zero-order valence-electron chi connectivity index (χ0n) is 22.6. The first-order chi connectivity index (χ1) is 20.7. The minimum absolute atomic E-state index is 0.0164. The van der Waals surface area contributed by atoms with Gasteiger partial charge in [-0.2, -0.15) is 0 Å². The number of hydrogen-bond donors (Lipinski definition) is 2. The van der Waals surface area contributed by atoms with E-state index in [1.54, 1.807) is 30.3 Å². The van der Waals surface area contributed by atoms with Gasteiger partial charge in [-0.3, -0.25) is 24.1 Å². The fourth-order valence-corrected chi connectivity index (χ4v) is 7.78. The molecule has 3 aromatic carbocycles. The van der Waals surface area contributed by atoms with Crippen molar-refractivity contribution >= 4 is 72.3 Å². The van der Waals surface area contributed by atoms with E-state index in [0.29, 0.717) is 33.3 Å². The van der Waals surface area contributed by atoms with Gasteiger partial charge in [0.25, 0.3) is 0 Å². The molecule has 2 N–H and O–H groups in total. The Morgan fingerprint density at radius 1 is 0.837 bits per heavy atom. The summed E-state index contributed by atoms with van der Waals surface area (Å²) in [4.78, 5) is 56.0. The van der Waals surface area contributed by atoms with Crippen LogP contribution in [0.5, 0.6) is 5.75 Å². The van der Waals surface area contributed by atoms with Gasteiger partial charge in [0.2, 0.25) is 11.8 Å². The number of amides is 2. The van der Waals surface area contributed by atoms with Gasteiger partial charge in [-0.1, -0.05) is 45.8 Å². The number of imide groups is 1. The molecule has 4 unspecified atom stereocenters. The number of ketones is 2. The molecule has 4 aliphatic rings. The first-order valence-corrected chi connectivity index (χ1v) is 15.5. The number of rotatable bonds is 4. The largest absolute Gasteiger partial charge is 0.508 e. The Bertz CT molecular complexity index is 1830. The number of para-hydroxylation sites is 1. The number of benzene rings is 3. The molecule has 0 radical (unpaired) electrons. The molecular weight excluding hydrogens is 676 g/mol. The second kappa shape index (κ2) is 10.6. The van der Waals surface area contributed by atoms with Crippen LogP contribution in [0.2, 0.25) is 0 Å². The number of carbonyl (C=O) groups excluding carboxylic acids is 4. The van der Waals surface area contributed by atoms with E-state index in [9.17, 15) is 24.3 Å². The van der Waals surface area contributed by atoms with Gasteiger partial charge < -0.3 is 10.4 Å². The molecule has 3 aromatic rings. The molecule has 0 bridgehead atoms. The lowest BCUT2D eigenvalue weighted by Gasteiger charge is -2.42. The van der Waals surface area contributed by atoms with Crippen LogP contribution in [-0.2, 0) is 19.2 Å². The van der Waals surface area contributed by atoms with Crippen molar-refractivity contribution in [3.05, 3.63) is 116 Å². The summed E-state index contributed by atoms with van der Waals surface area (Å²) in [5.41, 5.74) is 4.11. The Morgan fingerprint density at radius 2 is 1.56 bits per heavy atom. The molecule has 0 spiro atoms. The molecule has 3 aliphatic carbocycles. The average Bonchev–Trinajstić information content (AvgIpc) is 3.26. The minimum atomic E-state index is -0.721. The molecule has 1 aliphatic heterocycles. The van der Waals surface area contributed by atoms with Crippen molar-refractivity contribution in [3.8, 4) is 5.75 Å². The van der Waals surface area contributed by atoms with Crippen LogP contribution in [0.15, 0.2) is 111 Å². The number of carbonyl (C=O) groups is 4. The van der Waals surface area contributed by atoms with E-state index in [1.807, 2.05) is 48.5 Å². The van der Waals surface area contributed by atoms with Gasteiger partial charge in [-0.15, -0.1) is 0 Å². The number of halogens is 2. The lowest BCUT2D eigenvalue weighted by molar-refractivity contribution is -0.123. The van der Waals surface area contributed by atoms with Gasteiger partial charge in [0, 0.05) is 44.6 Å². The second-order valence-corrected chi connectivity index (χ2v) is 12.9. The van der Waals surface area contributed by atoms with E-state index < -0.39 is 23.7 Å². The number of nitrogens with zero attached hydrogens (tertiary/aromatic N) is 1. The van der Waals surface area contributed by atoms with Crippen molar-refractivity contribution in [2.75, 3.05) is 10.2 Å². The molecular formula is C34H24Br2N2O5. The predicted octanol–water partition coefficient (Wildman–Crippen LogP) is 6.86. The molecule has 214 valence electrons. The topological polar surface area (TPSA) is 104 Å². The van der Waals surface area contributed by atoms with Crippen LogP contribution in [0.1, 0.15) is 24.3 Å². The second-order valence-electron chi connectivity index (χ2n) is 11.1. The van der Waals surface area contributed by atoms with Crippen LogP contribution in [0, 0.1) is 17.8 Å². The number of nitrogens with one attached hydrogen (secondary N) is 1. The highest BCUT2D eigenvalue weighted by Crippen LogP contribution is 2.56. The fourth-order valence-electron chi connectivity index (χ4n) is 6.96. The first-order valence-electron chi connectivity index (χ1n) is 13.9. The van der Waals surface area contributed by atoms with E-state index in [-0.39, 0.29) is 40.0 Å². The summed E-state index contributed by atoms with van der Waals surface area (Å²) in [6, 6.07) is 21.8. The van der Waals surface area contributed by atoms with Crippen LogP contribution in [0.25, 0.3) is 0 Å². The number of anilines is 3. The minimum Gasteiger partial charge on any atom is -0.508 e. The van der Waals surface area contributed by atoms with Crippen molar-refractivity contribution in [2.24, 2.45) is 17.8 Å². The molecule has 7 rings (SSSR count).